The average molecular weight is 440 g/mol. The highest BCUT2D eigenvalue weighted by molar-refractivity contribution is 7.14. The molecule has 1 saturated heterocycles. The van der Waals surface area contributed by atoms with Crippen molar-refractivity contribution in [1.29, 1.82) is 0 Å². The van der Waals surface area contributed by atoms with Crippen molar-refractivity contribution in [2.24, 2.45) is 0 Å². The highest BCUT2D eigenvalue weighted by Gasteiger charge is 2.25. The lowest BCUT2D eigenvalue weighted by Gasteiger charge is -2.31. The van der Waals surface area contributed by atoms with Crippen LogP contribution in [0.4, 0.5) is 24.4 Å². The summed E-state index contributed by atoms with van der Waals surface area (Å²) in [7, 11) is 0. The number of ether oxygens (including phenoxy) is 2. The van der Waals surface area contributed by atoms with E-state index >= 15 is 0 Å². The predicted molar refractivity (Wildman–Crippen MR) is 108 cm³/mol. The molecule has 2 aromatic rings. The first-order valence-corrected chi connectivity index (χ1v) is 10.3. The zero-order valence-electron chi connectivity index (χ0n) is 16.3. The number of alkyl halides is 2. The number of piperidine rings is 1. The fourth-order valence-corrected chi connectivity index (χ4v) is 3.67. The van der Waals surface area contributed by atoms with Gasteiger partial charge < -0.3 is 25.0 Å². The van der Waals surface area contributed by atoms with E-state index < -0.39 is 6.61 Å². The van der Waals surface area contributed by atoms with Gasteiger partial charge in [0.1, 0.15) is 11.4 Å². The fourth-order valence-electron chi connectivity index (χ4n) is 2.96. The van der Waals surface area contributed by atoms with Crippen molar-refractivity contribution in [3.05, 3.63) is 35.3 Å². The topological polar surface area (TPSA) is 92.8 Å². The van der Waals surface area contributed by atoms with Gasteiger partial charge in [0.25, 0.3) is 5.91 Å². The van der Waals surface area contributed by atoms with Gasteiger partial charge in [-0.15, -0.1) is 11.3 Å². The van der Waals surface area contributed by atoms with Crippen molar-refractivity contribution in [3.63, 3.8) is 0 Å². The van der Waals surface area contributed by atoms with Gasteiger partial charge in [0, 0.05) is 30.2 Å². The van der Waals surface area contributed by atoms with Gasteiger partial charge in [0.15, 0.2) is 5.13 Å². The molecule has 0 radical (unpaired) electrons. The van der Waals surface area contributed by atoms with Crippen LogP contribution >= 0.6 is 11.3 Å². The summed E-state index contributed by atoms with van der Waals surface area (Å²) in [4.78, 5) is 30.1. The molecule has 1 aliphatic heterocycles. The third-order valence-electron chi connectivity index (χ3n) is 4.42. The SMILES string of the molecule is CCOC(=O)N1CCC(NC(=O)c2csc(Nc3ccc(OC(F)F)cc3)n2)CC1. The van der Waals surface area contributed by atoms with Crippen LogP contribution in [0.3, 0.4) is 0 Å². The van der Waals surface area contributed by atoms with Crippen molar-refractivity contribution in [1.82, 2.24) is 15.2 Å². The lowest BCUT2D eigenvalue weighted by Crippen LogP contribution is -2.46. The third kappa shape index (κ3) is 6.02. The van der Waals surface area contributed by atoms with Crippen LogP contribution in [0.5, 0.6) is 5.75 Å². The molecule has 0 atom stereocenters. The normalized spacial score (nSPS) is 14.5. The van der Waals surface area contributed by atoms with Crippen molar-refractivity contribution < 1.29 is 27.8 Å². The molecule has 162 valence electrons. The minimum absolute atomic E-state index is 0.0383. The van der Waals surface area contributed by atoms with Gasteiger partial charge in [-0.1, -0.05) is 0 Å². The molecular formula is C19H22F2N4O4S. The number of carbonyl (C=O) groups excluding carboxylic acids is 2. The molecule has 0 unspecified atom stereocenters. The molecule has 30 heavy (non-hydrogen) atoms. The molecule has 11 heteroatoms. The van der Waals surface area contributed by atoms with E-state index in [2.05, 4.69) is 20.4 Å². The number of nitrogens with zero attached hydrogens (tertiary/aromatic N) is 2. The minimum atomic E-state index is -2.87. The van der Waals surface area contributed by atoms with E-state index in [1.807, 2.05) is 0 Å². The Bertz CT molecular complexity index is 854. The third-order valence-corrected chi connectivity index (χ3v) is 5.18. The number of aromatic nitrogens is 1. The number of amides is 2. The number of hydrogen-bond donors (Lipinski definition) is 2. The number of hydrogen-bond acceptors (Lipinski definition) is 7. The first-order chi connectivity index (χ1) is 14.4. The van der Waals surface area contributed by atoms with Crippen LogP contribution in [0.15, 0.2) is 29.6 Å². The molecule has 2 heterocycles. The Balaban J connectivity index is 1.49. The van der Waals surface area contributed by atoms with E-state index in [9.17, 15) is 18.4 Å². The summed E-state index contributed by atoms with van der Waals surface area (Å²) in [6, 6.07) is 5.95. The van der Waals surface area contributed by atoms with Crippen molar-refractivity contribution in [2.45, 2.75) is 32.4 Å². The number of rotatable bonds is 7. The van der Waals surface area contributed by atoms with E-state index in [0.29, 0.717) is 43.4 Å². The lowest BCUT2D eigenvalue weighted by molar-refractivity contribution is -0.0498. The fraction of sp³-hybridized carbons (Fsp3) is 0.421. The summed E-state index contributed by atoms with van der Waals surface area (Å²) in [5.74, 6) is -0.224. The summed E-state index contributed by atoms with van der Waals surface area (Å²) in [6.45, 7) is 0.279. The molecule has 1 fully saturated rings. The van der Waals surface area contributed by atoms with Gasteiger partial charge in [-0.3, -0.25) is 4.79 Å². The Morgan fingerprint density at radius 2 is 1.97 bits per heavy atom. The Morgan fingerprint density at radius 3 is 2.60 bits per heavy atom. The van der Waals surface area contributed by atoms with Crippen LogP contribution in [-0.4, -0.2) is 54.2 Å². The van der Waals surface area contributed by atoms with Crippen molar-refractivity contribution in [2.75, 3.05) is 25.0 Å². The van der Waals surface area contributed by atoms with Gasteiger partial charge in [0.2, 0.25) is 0 Å². The molecule has 0 saturated carbocycles. The maximum atomic E-state index is 12.5. The Kier molecular flexibility index (Phi) is 7.39. The van der Waals surface area contributed by atoms with Gasteiger partial charge in [-0.05, 0) is 44.0 Å². The summed E-state index contributed by atoms with van der Waals surface area (Å²) in [5.41, 5.74) is 0.914. The number of halogens is 2. The second-order valence-electron chi connectivity index (χ2n) is 6.50. The molecule has 0 spiro atoms. The van der Waals surface area contributed by atoms with Crippen LogP contribution in [0.2, 0.25) is 0 Å². The largest absolute Gasteiger partial charge is 0.450 e. The molecule has 1 aromatic carbocycles. The molecule has 3 rings (SSSR count). The number of anilines is 2. The maximum Gasteiger partial charge on any atom is 0.409 e. The second kappa shape index (κ2) is 10.2. The van der Waals surface area contributed by atoms with Crippen LogP contribution in [-0.2, 0) is 4.74 Å². The molecule has 8 nitrogen and oxygen atoms in total. The standard InChI is InChI=1S/C19H22F2N4O4S/c1-2-28-19(27)25-9-7-13(8-10-25)22-16(26)15-11-30-18(24-15)23-12-3-5-14(6-4-12)29-17(20)21/h3-6,11,13,17H,2,7-10H2,1H3,(H,22,26)(H,23,24). The summed E-state index contributed by atoms with van der Waals surface area (Å²) >= 11 is 1.26. The van der Waals surface area contributed by atoms with Gasteiger partial charge in [-0.2, -0.15) is 8.78 Å². The second-order valence-corrected chi connectivity index (χ2v) is 7.36. The average Bonchev–Trinajstić information content (AvgIpc) is 3.18. The molecule has 1 aliphatic rings. The first-order valence-electron chi connectivity index (χ1n) is 9.44. The maximum absolute atomic E-state index is 12.5. The molecule has 2 N–H and O–H groups in total. The Morgan fingerprint density at radius 1 is 1.27 bits per heavy atom. The van der Waals surface area contributed by atoms with E-state index in [0.717, 1.165) is 0 Å². The number of thiazole rings is 1. The van der Waals surface area contributed by atoms with E-state index in [1.54, 1.807) is 29.3 Å². The Labute approximate surface area is 176 Å². The number of benzene rings is 1. The first kappa shape index (κ1) is 21.8. The van der Waals surface area contributed by atoms with Crippen LogP contribution in [0.25, 0.3) is 0 Å². The molecule has 0 bridgehead atoms. The lowest BCUT2D eigenvalue weighted by atomic mass is 10.1. The number of carbonyl (C=O) groups is 2. The van der Waals surface area contributed by atoms with Gasteiger partial charge in [-0.25, -0.2) is 9.78 Å². The van der Waals surface area contributed by atoms with Gasteiger partial charge in [0.05, 0.1) is 6.61 Å². The molecule has 2 amide bonds. The van der Waals surface area contributed by atoms with Crippen molar-refractivity contribution in [3.8, 4) is 5.75 Å². The molecular weight excluding hydrogens is 418 g/mol. The zero-order chi connectivity index (χ0) is 21.5. The summed E-state index contributed by atoms with van der Waals surface area (Å²) < 4.78 is 33.7. The summed E-state index contributed by atoms with van der Waals surface area (Å²) in [6.07, 6.45) is 0.964. The highest BCUT2D eigenvalue weighted by Crippen LogP contribution is 2.24. The van der Waals surface area contributed by atoms with E-state index in [-0.39, 0.29) is 29.5 Å². The van der Waals surface area contributed by atoms with Crippen LogP contribution in [0.1, 0.15) is 30.3 Å². The van der Waals surface area contributed by atoms with E-state index in [4.69, 9.17) is 4.74 Å². The van der Waals surface area contributed by atoms with E-state index in [1.165, 1.54) is 23.5 Å². The number of likely N-dealkylation sites (tertiary alicyclic amines) is 1. The minimum Gasteiger partial charge on any atom is -0.450 e. The quantitative estimate of drug-likeness (QED) is 0.680. The smallest absolute Gasteiger partial charge is 0.409 e. The van der Waals surface area contributed by atoms with Gasteiger partial charge >= 0.3 is 12.7 Å². The Hall–Kier alpha value is -2.95. The highest BCUT2D eigenvalue weighted by atomic mass is 32.1. The van der Waals surface area contributed by atoms with Crippen LogP contribution < -0.4 is 15.4 Å². The molecule has 1 aromatic heterocycles. The zero-order valence-corrected chi connectivity index (χ0v) is 17.1. The predicted octanol–water partition coefficient (Wildman–Crippen LogP) is 3.84. The van der Waals surface area contributed by atoms with Crippen molar-refractivity contribution >= 4 is 34.2 Å². The monoisotopic (exact) mass is 440 g/mol. The molecule has 0 aliphatic carbocycles. The summed E-state index contributed by atoms with van der Waals surface area (Å²) in [5, 5.41) is 8.10. The number of nitrogens with one attached hydrogen (secondary N) is 2. The van der Waals surface area contributed by atoms with Crippen LogP contribution in [0, 0.1) is 0 Å².